The third-order valence-electron chi connectivity index (χ3n) is 5.13. The van der Waals surface area contributed by atoms with Gasteiger partial charge in [-0.25, -0.2) is 0 Å². The molecular weight excluding hydrogens is 228 g/mol. The minimum absolute atomic E-state index is 0.358. The molecule has 0 radical (unpaired) electrons. The highest BCUT2D eigenvalue weighted by Gasteiger charge is 2.46. The van der Waals surface area contributed by atoms with Crippen molar-refractivity contribution in [3.05, 3.63) is 0 Å². The first-order valence-electron chi connectivity index (χ1n) is 7.50. The zero-order valence-corrected chi connectivity index (χ0v) is 10.8. The quantitative estimate of drug-likeness (QED) is 0.809. The fraction of sp³-hybridized carbons (Fsp3) is 0.929. The van der Waals surface area contributed by atoms with Gasteiger partial charge in [-0.2, -0.15) is 0 Å². The fourth-order valence-electron chi connectivity index (χ4n) is 4.09. The first kappa shape index (κ1) is 11.2. The molecule has 3 saturated heterocycles. The smallest absolute Gasteiger partial charge is 0.224 e. The van der Waals surface area contributed by atoms with E-state index in [2.05, 4.69) is 10.2 Å². The molecule has 3 heterocycles. The van der Waals surface area contributed by atoms with Crippen molar-refractivity contribution in [2.75, 3.05) is 13.2 Å². The Balaban J connectivity index is 1.43. The van der Waals surface area contributed by atoms with Crippen molar-refractivity contribution in [3.8, 4) is 0 Å². The third-order valence-corrected chi connectivity index (χ3v) is 5.13. The van der Waals surface area contributed by atoms with Gasteiger partial charge in [0.1, 0.15) is 0 Å². The number of carbonyl (C=O) groups excluding carboxylic acids is 1. The number of nitrogens with one attached hydrogen (secondary N) is 1. The van der Waals surface area contributed by atoms with Gasteiger partial charge < -0.3 is 15.0 Å². The molecule has 1 saturated carbocycles. The maximum Gasteiger partial charge on any atom is 0.224 e. The average molecular weight is 250 g/mol. The highest BCUT2D eigenvalue weighted by atomic mass is 16.5. The Bertz CT molecular complexity index is 356. The van der Waals surface area contributed by atoms with Crippen LogP contribution in [0.4, 0.5) is 0 Å². The monoisotopic (exact) mass is 250 g/mol. The molecule has 1 aliphatic carbocycles. The second-order valence-corrected chi connectivity index (χ2v) is 6.34. The van der Waals surface area contributed by atoms with Crippen molar-refractivity contribution in [2.45, 2.75) is 62.8 Å². The minimum Gasteiger partial charge on any atom is -0.376 e. The summed E-state index contributed by atoms with van der Waals surface area (Å²) in [5.74, 6) is 1.15. The van der Waals surface area contributed by atoms with Crippen LogP contribution in [0, 0.1) is 5.92 Å². The Hall–Kier alpha value is -0.610. The molecule has 4 atom stereocenters. The van der Waals surface area contributed by atoms with E-state index in [1.54, 1.807) is 0 Å². The molecule has 4 fully saturated rings. The lowest BCUT2D eigenvalue weighted by Crippen LogP contribution is -2.48. The molecule has 0 bridgehead atoms. The molecule has 3 aliphatic heterocycles. The van der Waals surface area contributed by atoms with Gasteiger partial charge in [-0.1, -0.05) is 0 Å². The zero-order chi connectivity index (χ0) is 12.1. The predicted octanol–water partition coefficient (Wildman–Crippen LogP) is 0.907. The van der Waals surface area contributed by atoms with Crippen molar-refractivity contribution in [1.29, 1.82) is 0 Å². The summed E-state index contributed by atoms with van der Waals surface area (Å²) < 4.78 is 5.88. The number of rotatable bonds is 3. The number of hydrogen-bond acceptors (Lipinski definition) is 3. The van der Waals surface area contributed by atoms with Gasteiger partial charge in [0.2, 0.25) is 5.91 Å². The second kappa shape index (κ2) is 4.20. The highest BCUT2D eigenvalue weighted by molar-refractivity contribution is 5.80. The molecule has 0 aromatic carbocycles. The Morgan fingerprint density at radius 2 is 2.06 bits per heavy atom. The van der Waals surface area contributed by atoms with Gasteiger partial charge in [0, 0.05) is 37.7 Å². The van der Waals surface area contributed by atoms with E-state index < -0.39 is 0 Å². The van der Waals surface area contributed by atoms with Gasteiger partial charge in [-0.15, -0.1) is 0 Å². The van der Waals surface area contributed by atoms with Gasteiger partial charge in [-0.3, -0.25) is 4.79 Å². The molecule has 1 amide bonds. The van der Waals surface area contributed by atoms with Crippen LogP contribution in [0.15, 0.2) is 0 Å². The van der Waals surface area contributed by atoms with E-state index >= 15 is 0 Å². The Kier molecular flexibility index (Phi) is 2.62. The van der Waals surface area contributed by atoms with Gasteiger partial charge in [-0.05, 0) is 38.0 Å². The Morgan fingerprint density at radius 3 is 2.89 bits per heavy atom. The van der Waals surface area contributed by atoms with E-state index in [0.29, 0.717) is 36.6 Å². The molecule has 4 nitrogen and oxygen atoms in total. The van der Waals surface area contributed by atoms with Crippen LogP contribution in [0.2, 0.25) is 0 Å². The number of fused-ring (bicyclic) bond motifs is 1. The second-order valence-electron chi connectivity index (χ2n) is 6.34. The van der Waals surface area contributed by atoms with E-state index in [9.17, 15) is 4.79 Å². The summed E-state index contributed by atoms with van der Waals surface area (Å²) in [5.41, 5.74) is 0. The summed E-state index contributed by atoms with van der Waals surface area (Å²) in [6.07, 6.45) is 7.30. The van der Waals surface area contributed by atoms with E-state index in [4.69, 9.17) is 4.74 Å². The third kappa shape index (κ3) is 1.77. The van der Waals surface area contributed by atoms with E-state index in [1.807, 2.05) is 0 Å². The zero-order valence-electron chi connectivity index (χ0n) is 10.8. The van der Waals surface area contributed by atoms with Crippen LogP contribution < -0.4 is 5.32 Å². The van der Waals surface area contributed by atoms with Crippen LogP contribution >= 0.6 is 0 Å². The lowest BCUT2D eigenvalue weighted by molar-refractivity contribution is -0.127. The van der Waals surface area contributed by atoms with Crippen LogP contribution in [0.1, 0.15) is 38.5 Å². The minimum atomic E-state index is 0.358. The molecule has 4 aliphatic rings. The van der Waals surface area contributed by atoms with Crippen molar-refractivity contribution in [2.24, 2.45) is 5.92 Å². The number of hydrogen-bond donors (Lipinski definition) is 1. The van der Waals surface area contributed by atoms with Crippen molar-refractivity contribution in [3.63, 3.8) is 0 Å². The van der Waals surface area contributed by atoms with Crippen LogP contribution in [0.25, 0.3) is 0 Å². The molecule has 1 N–H and O–H groups in total. The number of nitrogens with zero attached hydrogens (tertiary/aromatic N) is 1. The number of carbonyl (C=O) groups is 1. The van der Waals surface area contributed by atoms with Gasteiger partial charge >= 0.3 is 0 Å². The van der Waals surface area contributed by atoms with E-state index in [0.717, 1.165) is 25.5 Å². The Morgan fingerprint density at radius 1 is 1.17 bits per heavy atom. The van der Waals surface area contributed by atoms with Gasteiger partial charge in [0.15, 0.2) is 0 Å². The SMILES string of the molecule is O=C1CC(NC2CCOC2C2CC2)C2CCCN12. The van der Waals surface area contributed by atoms with Crippen molar-refractivity contribution in [1.82, 2.24) is 10.2 Å². The highest BCUT2D eigenvalue weighted by Crippen LogP contribution is 2.39. The molecule has 0 spiro atoms. The topological polar surface area (TPSA) is 41.6 Å². The number of ether oxygens (including phenoxy) is 1. The molecule has 4 rings (SSSR count). The van der Waals surface area contributed by atoms with Crippen molar-refractivity contribution >= 4 is 5.91 Å². The van der Waals surface area contributed by atoms with Gasteiger partial charge in [0.25, 0.3) is 0 Å². The summed E-state index contributed by atoms with van der Waals surface area (Å²) in [5, 5.41) is 3.76. The largest absolute Gasteiger partial charge is 0.376 e. The summed E-state index contributed by atoms with van der Waals surface area (Å²) in [6, 6.07) is 1.35. The standard InChI is InChI=1S/C14H22N2O2/c17-13-8-11(12-2-1-6-16(12)13)15-10-5-7-18-14(10)9-3-4-9/h9-12,14-15H,1-8H2. The fourth-order valence-corrected chi connectivity index (χ4v) is 4.09. The molecule has 100 valence electrons. The van der Waals surface area contributed by atoms with Crippen LogP contribution in [-0.2, 0) is 9.53 Å². The van der Waals surface area contributed by atoms with Crippen LogP contribution in [-0.4, -0.2) is 48.2 Å². The first-order valence-corrected chi connectivity index (χ1v) is 7.50. The molecule has 4 unspecified atom stereocenters. The lowest BCUT2D eigenvalue weighted by atomic mass is 10.0. The molecule has 4 heteroatoms. The maximum absolute atomic E-state index is 11.9. The first-order chi connectivity index (χ1) is 8.83. The summed E-state index contributed by atoms with van der Waals surface area (Å²) >= 11 is 0. The summed E-state index contributed by atoms with van der Waals surface area (Å²) in [4.78, 5) is 14.0. The summed E-state index contributed by atoms with van der Waals surface area (Å²) in [7, 11) is 0. The average Bonchev–Trinajstić information content (AvgIpc) is 2.82. The molecule has 0 aromatic heterocycles. The summed E-state index contributed by atoms with van der Waals surface area (Å²) in [6.45, 7) is 1.88. The molecular formula is C14H22N2O2. The molecule has 0 aromatic rings. The molecule has 18 heavy (non-hydrogen) atoms. The van der Waals surface area contributed by atoms with Gasteiger partial charge in [0.05, 0.1) is 6.10 Å². The van der Waals surface area contributed by atoms with E-state index in [1.165, 1.54) is 25.7 Å². The normalized spacial score (nSPS) is 43.8. The van der Waals surface area contributed by atoms with Crippen LogP contribution in [0.5, 0.6) is 0 Å². The number of amides is 1. The van der Waals surface area contributed by atoms with Crippen LogP contribution in [0.3, 0.4) is 0 Å². The van der Waals surface area contributed by atoms with E-state index in [-0.39, 0.29) is 0 Å². The maximum atomic E-state index is 11.9. The van der Waals surface area contributed by atoms with Crippen molar-refractivity contribution < 1.29 is 9.53 Å². The Labute approximate surface area is 108 Å². The lowest BCUT2D eigenvalue weighted by Gasteiger charge is -2.27. The predicted molar refractivity (Wildman–Crippen MR) is 67.1 cm³/mol.